The highest BCUT2D eigenvalue weighted by molar-refractivity contribution is 6.11. The van der Waals surface area contributed by atoms with Crippen LogP contribution in [-0.2, 0) is 19.1 Å². The molecule has 1 aromatic rings. The number of cyclic esters (lactones) is 2. The van der Waals surface area contributed by atoms with Crippen molar-refractivity contribution >= 4 is 23.7 Å². The Hall–Kier alpha value is -2.50. The van der Waals surface area contributed by atoms with E-state index in [1.807, 2.05) is 0 Å². The molecule has 0 unspecified atom stereocenters. The lowest BCUT2D eigenvalue weighted by atomic mass is 10.1. The van der Waals surface area contributed by atoms with E-state index in [-0.39, 0.29) is 11.8 Å². The van der Waals surface area contributed by atoms with Crippen LogP contribution in [0.3, 0.4) is 0 Å². The zero-order valence-corrected chi connectivity index (χ0v) is 12.8. The van der Waals surface area contributed by atoms with Crippen molar-refractivity contribution in [3.63, 3.8) is 0 Å². The average molecular weight is 300 g/mol. The third-order valence-corrected chi connectivity index (χ3v) is 3.50. The molecular formula is C16H16N2O4. The molecule has 2 aliphatic rings. The van der Waals surface area contributed by atoms with Gasteiger partial charge in [-0.2, -0.15) is 0 Å². The standard InChI is InChI=1S/C16H16N2O4/c1-15(2)13(19)21-11(17-15)9-6-5-7-10(8-9)12-18-16(3,4)14(20)22-12/h5-8H,1-4H3. The van der Waals surface area contributed by atoms with E-state index in [2.05, 4.69) is 9.98 Å². The molecule has 0 fully saturated rings. The predicted molar refractivity (Wildman–Crippen MR) is 79.9 cm³/mol. The molecule has 6 nitrogen and oxygen atoms in total. The first-order valence-corrected chi connectivity index (χ1v) is 6.94. The fraction of sp³-hybridized carbons (Fsp3) is 0.375. The maximum Gasteiger partial charge on any atom is 0.340 e. The number of aliphatic imine (C=N–C) groups is 2. The van der Waals surface area contributed by atoms with E-state index in [0.717, 1.165) is 0 Å². The van der Waals surface area contributed by atoms with E-state index in [1.165, 1.54) is 0 Å². The Kier molecular flexibility index (Phi) is 2.95. The van der Waals surface area contributed by atoms with Gasteiger partial charge in [-0.1, -0.05) is 6.07 Å². The molecule has 0 saturated heterocycles. The van der Waals surface area contributed by atoms with Gasteiger partial charge in [-0.15, -0.1) is 0 Å². The van der Waals surface area contributed by atoms with Gasteiger partial charge in [0.05, 0.1) is 0 Å². The van der Waals surface area contributed by atoms with Crippen molar-refractivity contribution in [2.24, 2.45) is 9.98 Å². The van der Waals surface area contributed by atoms with Crippen LogP contribution in [0, 0.1) is 0 Å². The van der Waals surface area contributed by atoms with Gasteiger partial charge >= 0.3 is 11.9 Å². The summed E-state index contributed by atoms with van der Waals surface area (Å²) in [6, 6.07) is 7.06. The number of rotatable bonds is 2. The Morgan fingerprint density at radius 2 is 1.23 bits per heavy atom. The first-order valence-electron chi connectivity index (χ1n) is 6.94. The van der Waals surface area contributed by atoms with E-state index in [4.69, 9.17) is 9.47 Å². The van der Waals surface area contributed by atoms with Gasteiger partial charge in [-0.3, -0.25) is 0 Å². The molecule has 114 valence electrons. The van der Waals surface area contributed by atoms with Crippen LogP contribution in [0.4, 0.5) is 0 Å². The molecule has 0 N–H and O–H groups in total. The Labute approximate surface area is 127 Å². The number of benzene rings is 1. The van der Waals surface area contributed by atoms with E-state index in [0.29, 0.717) is 11.1 Å². The lowest BCUT2D eigenvalue weighted by molar-refractivity contribution is -0.138. The summed E-state index contributed by atoms with van der Waals surface area (Å²) in [5, 5.41) is 0. The van der Waals surface area contributed by atoms with Gasteiger partial charge in [0.15, 0.2) is 11.1 Å². The van der Waals surface area contributed by atoms with Crippen molar-refractivity contribution in [1.29, 1.82) is 0 Å². The van der Waals surface area contributed by atoms with Crippen LogP contribution in [0.15, 0.2) is 34.3 Å². The maximum absolute atomic E-state index is 11.7. The van der Waals surface area contributed by atoms with Gasteiger partial charge in [-0.25, -0.2) is 19.6 Å². The molecule has 2 heterocycles. The summed E-state index contributed by atoms with van der Waals surface area (Å²) in [4.78, 5) is 32.0. The molecule has 0 radical (unpaired) electrons. The third kappa shape index (κ3) is 2.30. The summed E-state index contributed by atoms with van der Waals surface area (Å²) in [5.74, 6) is -0.251. The third-order valence-electron chi connectivity index (χ3n) is 3.50. The van der Waals surface area contributed by atoms with E-state index in [9.17, 15) is 9.59 Å². The molecule has 3 rings (SSSR count). The Balaban J connectivity index is 1.96. The topological polar surface area (TPSA) is 77.3 Å². The zero-order valence-electron chi connectivity index (χ0n) is 12.8. The molecule has 0 atom stereocenters. The zero-order chi connectivity index (χ0) is 16.1. The van der Waals surface area contributed by atoms with Gasteiger partial charge < -0.3 is 9.47 Å². The highest BCUT2D eigenvalue weighted by Gasteiger charge is 2.39. The predicted octanol–water partition coefficient (Wildman–Crippen LogP) is 1.85. The Morgan fingerprint density at radius 3 is 1.55 bits per heavy atom. The van der Waals surface area contributed by atoms with Crippen molar-refractivity contribution in [2.75, 3.05) is 0 Å². The molecule has 0 spiro atoms. The van der Waals surface area contributed by atoms with E-state index < -0.39 is 23.0 Å². The Morgan fingerprint density at radius 1 is 0.818 bits per heavy atom. The number of hydrogen-bond acceptors (Lipinski definition) is 6. The molecule has 0 amide bonds. The molecule has 0 aliphatic carbocycles. The average Bonchev–Trinajstić information content (AvgIpc) is 2.87. The first kappa shape index (κ1) is 14.4. The van der Waals surface area contributed by atoms with Crippen LogP contribution in [0.1, 0.15) is 38.8 Å². The minimum atomic E-state index is -0.884. The van der Waals surface area contributed by atoms with Crippen LogP contribution < -0.4 is 0 Å². The summed E-state index contributed by atoms with van der Waals surface area (Å²) in [6.45, 7) is 6.77. The second-order valence-electron chi connectivity index (χ2n) is 6.31. The summed E-state index contributed by atoms with van der Waals surface area (Å²) < 4.78 is 10.4. The van der Waals surface area contributed by atoms with Crippen LogP contribution in [0.2, 0.25) is 0 Å². The minimum absolute atomic E-state index is 0.265. The molecule has 0 saturated carbocycles. The van der Waals surface area contributed by atoms with Crippen LogP contribution in [0.5, 0.6) is 0 Å². The van der Waals surface area contributed by atoms with Crippen molar-refractivity contribution in [3.8, 4) is 0 Å². The van der Waals surface area contributed by atoms with Crippen LogP contribution in [0.25, 0.3) is 0 Å². The lowest BCUT2D eigenvalue weighted by Crippen LogP contribution is -2.25. The molecule has 6 heteroatoms. The fourth-order valence-corrected chi connectivity index (χ4v) is 2.10. The van der Waals surface area contributed by atoms with Gasteiger partial charge in [0.25, 0.3) is 0 Å². The number of esters is 2. The highest BCUT2D eigenvalue weighted by atomic mass is 16.6. The van der Waals surface area contributed by atoms with Gasteiger partial charge in [0.1, 0.15) is 0 Å². The monoisotopic (exact) mass is 300 g/mol. The lowest BCUT2D eigenvalue weighted by Gasteiger charge is -2.05. The summed E-state index contributed by atoms with van der Waals surface area (Å²) in [5.41, 5.74) is -0.491. The van der Waals surface area contributed by atoms with Crippen LogP contribution >= 0.6 is 0 Å². The largest absolute Gasteiger partial charge is 0.405 e. The van der Waals surface area contributed by atoms with Crippen molar-refractivity contribution in [3.05, 3.63) is 35.4 Å². The number of ether oxygens (including phenoxy) is 2. The molecule has 2 aliphatic heterocycles. The van der Waals surface area contributed by atoms with E-state index in [1.54, 1.807) is 52.0 Å². The number of carbonyl (C=O) groups excluding carboxylic acids is 2. The van der Waals surface area contributed by atoms with Gasteiger partial charge in [-0.05, 0) is 45.9 Å². The van der Waals surface area contributed by atoms with Crippen LogP contribution in [-0.4, -0.2) is 34.8 Å². The normalized spacial score (nSPS) is 22.0. The minimum Gasteiger partial charge on any atom is -0.405 e. The fourth-order valence-electron chi connectivity index (χ4n) is 2.10. The molecule has 1 aromatic carbocycles. The maximum atomic E-state index is 11.7. The second-order valence-corrected chi connectivity index (χ2v) is 6.31. The second kappa shape index (κ2) is 4.50. The van der Waals surface area contributed by atoms with Gasteiger partial charge in [0.2, 0.25) is 11.8 Å². The number of hydrogen-bond donors (Lipinski definition) is 0. The van der Waals surface area contributed by atoms with Crippen molar-refractivity contribution < 1.29 is 19.1 Å². The first-order chi connectivity index (χ1) is 10.2. The van der Waals surface area contributed by atoms with Crippen molar-refractivity contribution in [2.45, 2.75) is 38.8 Å². The summed E-state index contributed by atoms with van der Waals surface area (Å²) in [6.07, 6.45) is 0. The summed E-state index contributed by atoms with van der Waals surface area (Å²) >= 11 is 0. The van der Waals surface area contributed by atoms with Gasteiger partial charge in [0, 0.05) is 11.1 Å². The molecule has 22 heavy (non-hydrogen) atoms. The molecule has 0 bridgehead atoms. The Bertz CT molecular complexity index is 685. The van der Waals surface area contributed by atoms with E-state index >= 15 is 0 Å². The SMILES string of the molecule is CC1(C)N=C(c2cccc(C3=NC(C)(C)C(=O)O3)c2)OC1=O. The molecule has 0 aromatic heterocycles. The smallest absolute Gasteiger partial charge is 0.340 e. The summed E-state index contributed by atoms with van der Waals surface area (Å²) in [7, 11) is 0. The van der Waals surface area contributed by atoms with Crippen molar-refractivity contribution in [1.82, 2.24) is 0 Å². The quantitative estimate of drug-likeness (QED) is 0.781. The number of carbonyl (C=O) groups is 2. The number of nitrogens with zero attached hydrogens (tertiary/aromatic N) is 2. The highest BCUT2D eigenvalue weighted by Crippen LogP contribution is 2.25. The molecular weight excluding hydrogens is 284 g/mol.